The molecule has 0 atom stereocenters. The highest BCUT2D eigenvalue weighted by atomic mass is 32.2. The molecule has 2 N–H and O–H groups in total. The molecule has 2 rings (SSSR count). The predicted molar refractivity (Wildman–Crippen MR) is 83.3 cm³/mol. The maximum Gasteiger partial charge on any atom is 0.433 e. The highest BCUT2D eigenvalue weighted by Gasteiger charge is 2.33. The molecule has 0 spiro atoms. The lowest BCUT2D eigenvalue weighted by Crippen LogP contribution is -2.27. The van der Waals surface area contributed by atoms with Gasteiger partial charge in [-0.2, -0.15) is 13.2 Å². The maximum atomic E-state index is 12.6. The molecule has 0 fully saturated rings. The van der Waals surface area contributed by atoms with Crippen LogP contribution in [0.1, 0.15) is 16.2 Å². The summed E-state index contributed by atoms with van der Waals surface area (Å²) in [7, 11) is 0. The van der Waals surface area contributed by atoms with Gasteiger partial charge in [0.1, 0.15) is 11.4 Å². The van der Waals surface area contributed by atoms with E-state index in [2.05, 4.69) is 16.9 Å². The number of halogens is 3. The summed E-state index contributed by atoms with van der Waals surface area (Å²) < 4.78 is 37.9. The molecule has 8 heteroatoms. The van der Waals surface area contributed by atoms with Gasteiger partial charge in [0, 0.05) is 4.91 Å². The highest BCUT2D eigenvalue weighted by molar-refractivity contribution is 8.02. The first-order valence-electron chi connectivity index (χ1n) is 6.33. The molecule has 0 bridgehead atoms. The van der Waals surface area contributed by atoms with Crippen LogP contribution in [0.15, 0.2) is 53.1 Å². The van der Waals surface area contributed by atoms with Crippen LogP contribution in [0.4, 0.5) is 13.2 Å². The number of amides is 1. The molecule has 1 heterocycles. The third-order valence-corrected chi connectivity index (χ3v) is 3.72. The third-order valence-electron chi connectivity index (χ3n) is 2.95. The molecule has 4 nitrogen and oxygen atoms in total. The van der Waals surface area contributed by atoms with E-state index in [1.165, 1.54) is 30.0 Å². The quantitative estimate of drug-likeness (QED) is 0.885. The number of carbonyl (C=O) groups is 1. The molecular formula is C15H12F3N3OS. The fraction of sp³-hybridized carbons (Fsp3) is 0.133. The zero-order valence-corrected chi connectivity index (χ0v) is 12.8. The number of thioether (sulfide) groups is 1. The Morgan fingerprint density at radius 3 is 2.65 bits per heavy atom. The van der Waals surface area contributed by atoms with Crippen LogP contribution in [-0.2, 0) is 6.18 Å². The predicted octanol–water partition coefficient (Wildman–Crippen LogP) is 3.55. The van der Waals surface area contributed by atoms with Crippen molar-refractivity contribution in [2.24, 2.45) is 0 Å². The van der Waals surface area contributed by atoms with Gasteiger partial charge in [-0.15, -0.1) is 11.8 Å². The van der Waals surface area contributed by atoms with Crippen LogP contribution in [0.25, 0.3) is 0 Å². The summed E-state index contributed by atoms with van der Waals surface area (Å²) in [6, 6.07) is 3.13. The van der Waals surface area contributed by atoms with Gasteiger partial charge in [0.15, 0.2) is 0 Å². The SMILES string of the molecule is C=C1C=C(NC(=O)c2cccc(C(F)(F)F)n2)C(SC)=CC1=N. The number of nitrogens with one attached hydrogen (secondary N) is 2. The van der Waals surface area contributed by atoms with Crippen molar-refractivity contribution in [3.8, 4) is 0 Å². The van der Waals surface area contributed by atoms with Gasteiger partial charge >= 0.3 is 6.18 Å². The maximum absolute atomic E-state index is 12.6. The fourth-order valence-corrected chi connectivity index (χ4v) is 2.36. The molecular weight excluding hydrogens is 327 g/mol. The van der Waals surface area contributed by atoms with E-state index in [4.69, 9.17) is 5.41 Å². The highest BCUT2D eigenvalue weighted by Crippen LogP contribution is 2.28. The van der Waals surface area contributed by atoms with E-state index in [9.17, 15) is 18.0 Å². The monoisotopic (exact) mass is 339 g/mol. The topological polar surface area (TPSA) is 65.8 Å². The van der Waals surface area contributed by atoms with Crippen molar-refractivity contribution < 1.29 is 18.0 Å². The second kappa shape index (κ2) is 6.41. The second-order valence-electron chi connectivity index (χ2n) is 4.57. The van der Waals surface area contributed by atoms with Crippen LogP contribution in [0.2, 0.25) is 0 Å². The van der Waals surface area contributed by atoms with Crippen LogP contribution < -0.4 is 5.32 Å². The van der Waals surface area contributed by atoms with E-state index in [1.807, 2.05) is 0 Å². The first-order valence-corrected chi connectivity index (χ1v) is 7.56. The van der Waals surface area contributed by atoms with Crippen molar-refractivity contribution in [1.29, 1.82) is 5.41 Å². The number of carbonyl (C=O) groups excluding carboxylic acids is 1. The number of hydrogen-bond donors (Lipinski definition) is 2. The minimum absolute atomic E-state index is 0.213. The molecule has 1 aromatic rings. The van der Waals surface area contributed by atoms with E-state index in [-0.39, 0.29) is 11.4 Å². The fourth-order valence-electron chi connectivity index (χ4n) is 1.80. The smallest absolute Gasteiger partial charge is 0.320 e. The van der Waals surface area contributed by atoms with Gasteiger partial charge in [-0.3, -0.25) is 4.79 Å². The summed E-state index contributed by atoms with van der Waals surface area (Å²) in [6.07, 6.45) is 0.172. The average Bonchev–Trinajstić information content (AvgIpc) is 2.50. The molecule has 0 saturated heterocycles. The number of allylic oxidation sites excluding steroid dienone is 3. The molecule has 1 aliphatic rings. The normalized spacial score (nSPS) is 15.1. The standard InChI is InChI=1S/C15H12F3N3OS/c1-8-6-11(12(23-2)7-9(8)19)21-14(22)10-4-3-5-13(20-10)15(16,17)18/h3-7,19H,1H2,2H3,(H,21,22). The summed E-state index contributed by atoms with van der Waals surface area (Å²) in [5.41, 5.74) is -0.482. The van der Waals surface area contributed by atoms with Crippen LogP contribution >= 0.6 is 11.8 Å². The summed E-state index contributed by atoms with van der Waals surface area (Å²) in [6.45, 7) is 3.67. The van der Waals surface area contributed by atoms with Gasteiger partial charge in [-0.25, -0.2) is 4.98 Å². The minimum atomic E-state index is -4.62. The van der Waals surface area contributed by atoms with Crippen molar-refractivity contribution in [2.45, 2.75) is 6.18 Å². The lowest BCUT2D eigenvalue weighted by Gasteiger charge is -2.17. The Morgan fingerprint density at radius 2 is 2.04 bits per heavy atom. The van der Waals surface area contributed by atoms with Gasteiger partial charge in [0.2, 0.25) is 0 Å². The van der Waals surface area contributed by atoms with Crippen molar-refractivity contribution >= 4 is 23.4 Å². The number of hydrogen-bond acceptors (Lipinski definition) is 4. The van der Waals surface area contributed by atoms with Gasteiger partial charge < -0.3 is 10.7 Å². The summed E-state index contributed by atoms with van der Waals surface area (Å²) in [5, 5.41) is 10.2. The van der Waals surface area contributed by atoms with Crippen LogP contribution in [0.3, 0.4) is 0 Å². The Morgan fingerprint density at radius 1 is 1.35 bits per heavy atom. The molecule has 1 amide bonds. The molecule has 0 saturated carbocycles. The van der Waals surface area contributed by atoms with Crippen LogP contribution in [-0.4, -0.2) is 22.9 Å². The molecule has 0 aliphatic heterocycles. The van der Waals surface area contributed by atoms with Gasteiger partial charge in [0.25, 0.3) is 5.91 Å². The molecule has 23 heavy (non-hydrogen) atoms. The van der Waals surface area contributed by atoms with E-state index in [0.29, 0.717) is 16.2 Å². The third kappa shape index (κ3) is 3.89. The van der Waals surface area contributed by atoms with Gasteiger partial charge in [-0.05, 0) is 36.1 Å². The van der Waals surface area contributed by atoms with E-state index >= 15 is 0 Å². The lowest BCUT2D eigenvalue weighted by molar-refractivity contribution is -0.141. The lowest BCUT2D eigenvalue weighted by atomic mass is 10.1. The molecule has 0 aromatic carbocycles. The van der Waals surface area contributed by atoms with Crippen molar-refractivity contribution in [2.75, 3.05) is 6.26 Å². The molecule has 1 aromatic heterocycles. The number of nitrogens with zero attached hydrogens (tertiary/aromatic N) is 1. The molecule has 0 radical (unpaired) electrons. The van der Waals surface area contributed by atoms with E-state index < -0.39 is 17.8 Å². The first kappa shape index (κ1) is 17.0. The second-order valence-corrected chi connectivity index (χ2v) is 5.42. The van der Waals surface area contributed by atoms with Gasteiger partial charge in [0.05, 0.1) is 11.4 Å². The Kier molecular flexibility index (Phi) is 4.74. The molecule has 1 aliphatic carbocycles. The average molecular weight is 339 g/mol. The van der Waals surface area contributed by atoms with Crippen LogP contribution in [0.5, 0.6) is 0 Å². The largest absolute Gasteiger partial charge is 0.433 e. The van der Waals surface area contributed by atoms with Crippen molar-refractivity contribution in [1.82, 2.24) is 10.3 Å². The zero-order chi connectivity index (χ0) is 17.2. The van der Waals surface area contributed by atoms with E-state index in [0.717, 1.165) is 12.1 Å². The van der Waals surface area contributed by atoms with E-state index in [1.54, 1.807) is 6.26 Å². The number of pyridine rings is 1. The zero-order valence-electron chi connectivity index (χ0n) is 12.0. The summed E-state index contributed by atoms with van der Waals surface area (Å²) in [4.78, 5) is 16.1. The number of alkyl halides is 3. The van der Waals surface area contributed by atoms with Crippen molar-refractivity contribution in [3.63, 3.8) is 0 Å². The molecule has 120 valence electrons. The Labute approximate surface area is 134 Å². The Balaban J connectivity index is 2.26. The summed E-state index contributed by atoms with van der Waals surface area (Å²) in [5.74, 6) is -0.761. The minimum Gasteiger partial charge on any atom is -0.320 e. The van der Waals surface area contributed by atoms with Crippen LogP contribution in [0, 0.1) is 5.41 Å². The van der Waals surface area contributed by atoms with Gasteiger partial charge in [-0.1, -0.05) is 12.6 Å². The van der Waals surface area contributed by atoms with Crippen molar-refractivity contribution in [3.05, 3.63) is 64.5 Å². The molecule has 0 unspecified atom stereocenters. The Bertz CT molecular complexity index is 751. The summed E-state index contributed by atoms with van der Waals surface area (Å²) >= 11 is 1.30. The number of rotatable bonds is 3. The number of aromatic nitrogens is 1. The first-order chi connectivity index (χ1) is 10.7. The Hall–Kier alpha value is -2.35.